The van der Waals surface area contributed by atoms with Gasteiger partial charge in [-0.1, -0.05) is 17.7 Å². The molecule has 2 aliphatic heterocycles. The minimum absolute atomic E-state index is 0.0396. The average Bonchev–Trinajstić information content (AvgIpc) is 2.99. The third-order valence-electron chi connectivity index (χ3n) is 6.56. The monoisotopic (exact) mass is 451 g/mol. The largest absolute Gasteiger partial charge is 0.357 e. The van der Waals surface area contributed by atoms with Crippen molar-refractivity contribution in [3.8, 4) is 0 Å². The second-order valence-electron chi connectivity index (χ2n) is 8.64. The van der Waals surface area contributed by atoms with Gasteiger partial charge < -0.3 is 4.90 Å². The molecule has 162 valence electrons. The first kappa shape index (κ1) is 21.5. The lowest BCUT2D eigenvalue weighted by atomic mass is 9.87. The van der Waals surface area contributed by atoms with Crippen LogP contribution in [0, 0.1) is 0 Å². The first-order valence-corrected chi connectivity index (χ1v) is 12.2. The Morgan fingerprint density at radius 3 is 2.53 bits per heavy atom. The fourth-order valence-electron chi connectivity index (χ4n) is 4.59. The van der Waals surface area contributed by atoms with E-state index in [4.69, 9.17) is 11.6 Å². The molecule has 1 saturated heterocycles. The molecule has 0 radical (unpaired) electrons. The Labute approximate surface area is 182 Å². The van der Waals surface area contributed by atoms with Crippen molar-refractivity contribution in [1.82, 2.24) is 9.29 Å². The number of hydrogen-bond acceptors (Lipinski definition) is 4. The molecule has 0 bridgehead atoms. The van der Waals surface area contributed by atoms with Crippen LogP contribution in [0.4, 0.5) is 10.1 Å². The van der Waals surface area contributed by atoms with Crippen LogP contribution in [-0.4, -0.2) is 36.5 Å². The quantitative estimate of drug-likeness (QED) is 0.681. The smallest absolute Gasteiger partial charge is 0.213 e. The van der Waals surface area contributed by atoms with E-state index in [1.54, 1.807) is 19.3 Å². The summed E-state index contributed by atoms with van der Waals surface area (Å²) in [6.45, 7) is 6.95. The highest BCUT2D eigenvalue weighted by Crippen LogP contribution is 2.44. The van der Waals surface area contributed by atoms with Crippen molar-refractivity contribution >= 4 is 27.3 Å². The van der Waals surface area contributed by atoms with Crippen LogP contribution < -0.4 is 4.90 Å². The normalized spacial score (nSPS) is 20.9. The molecule has 0 saturated carbocycles. The highest BCUT2D eigenvalue weighted by molar-refractivity contribution is 7.89. The maximum atomic E-state index is 15.8. The van der Waals surface area contributed by atoms with Crippen molar-refractivity contribution in [2.24, 2.45) is 0 Å². The summed E-state index contributed by atoms with van der Waals surface area (Å²) >= 11 is 6.22. The number of aromatic nitrogens is 1. The molecule has 0 aliphatic carbocycles. The van der Waals surface area contributed by atoms with Crippen LogP contribution in [0.25, 0.3) is 0 Å². The molecule has 30 heavy (non-hydrogen) atoms. The predicted octanol–water partition coefficient (Wildman–Crippen LogP) is 4.60. The molecule has 5 nitrogen and oxygen atoms in total. The number of halogens is 2. The average molecular weight is 452 g/mol. The third-order valence-corrected chi connectivity index (χ3v) is 8.68. The molecule has 1 aromatic carbocycles. The SMILES string of the molecule is CCS(=O)(=O)N1CCC(F)(c2cncc(N3Cc4ccc(Cl)cc4C3(C)C)c2)CC1. The van der Waals surface area contributed by atoms with E-state index in [0.717, 1.165) is 11.3 Å². The van der Waals surface area contributed by atoms with E-state index >= 15 is 4.39 Å². The summed E-state index contributed by atoms with van der Waals surface area (Å²) in [5, 5.41) is 0.701. The fraction of sp³-hybridized carbons (Fsp3) is 0.500. The van der Waals surface area contributed by atoms with Gasteiger partial charge in [-0.2, -0.15) is 0 Å². The Kier molecular flexibility index (Phi) is 5.36. The Balaban J connectivity index is 1.60. The number of benzene rings is 1. The maximum Gasteiger partial charge on any atom is 0.213 e. The van der Waals surface area contributed by atoms with Gasteiger partial charge in [0.2, 0.25) is 10.0 Å². The van der Waals surface area contributed by atoms with Gasteiger partial charge in [-0.15, -0.1) is 0 Å². The standard InChI is InChI=1S/C22H27ClFN3O2S/c1-4-30(28,29)26-9-7-22(24,8-10-26)17-11-19(14-25-13-17)27-15-16-5-6-18(23)12-20(16)21(27,2)3/h5-6,11-14H,4,7-10,15H2,1-3H3. The van der Waals surface area contributed by atoms with Crippen molar-refractivity contribution in [2.45, 2.75) is 51.4 Å². The van der Waals surface area contributed by atoms with Crippen LogP contribution in [-0.2, 0) is 27.8 Å². The molecular formula is C22H27ClFN3O2S. The van der Waals surface area contributed by atoms with Crippen LogP contribution in [0.1, 0.15) is 50.3 Å². The maximum absolute atomic E-state index is 15.8. The summed E-state index contributed by atoms with van der Waals surface area (Å²) in [5.41, 5.74) is 1.84. The van der Waals surface area contributed by atoms with Gasteiger partial charge in [0.05, 0.1) is 23.2 Å². The van der Waals surface area contributed by atoms with E-state index in [0.29, 0.717) is 17.1 Å². The van der Waals surface area contributed by atoms with Crippen LogP contribution in [0.5, 0.6) is 0 Å². The molecular weight excluding hydrogens is 425 g/mol. The lowest BCUT2D eigenvalue weighted by molar-refractivity contribution is 0.0867. The topological polar surface area (TPSA) is 53.5 Å². The third kappa shape index (κ3) is 3.61. The van der Waals surface area contributed by atoms with Crippen LogP contribution in [0.15, 0.2) is 36.7 Å². The van der Waals surface area contributed by atoms with Gasteiger partial charge in [0.1, 0.15) is 5.67 Å². The molecule has 0 unspecified atom stereocenters. The van der Waals surface area contributed by atoms with Gasteiger partial charge >= 0.3 is 0 Å². The van der Waals surface area contributed by atoms with Crippen molar-refractivity contribution < 1.29 is 12.8 Å². The summed E-state index contributed by atoms with van der Waals surface area (Å²) in [4.78, 5) is 6.55. The van der Waals surface area contributed by atoms with Crippen molar-refractivity contribution in [2.75, 3.05) is 23.7 Å². The minimum Gasteiger partial charge on any atom is -0.357 e. The van der Waals surface area contributed by atoms with Crippen LogP contribution >= 0.6 is 11.6 Å². The molecule has 3 heterocycles. The van der Waals surface area contributed by atoms with E-state index in [9.17, 15) is 8.42 Å². The Bertz CT molecular complexity index is 1070. The number of alkyl halides is 1. The zero-order valence-corrected chi connectivity index (χ0v) is 19.1. The summed E-state index contributed by atoms with van der Waals surface area (Å²) in [5.74, 6) is 0.0396. The van der Waals surface area contributed by atoms with Crippen LogP contribution in [0.2, 0.25) is 5.02 Å². The number of nitrogens with zero attached hydrogens (tertiary/aromatic N) is 3. The van der Waals surface area contributed by atoms with Crippen molar-refractivity contribution in [3.05, 3.63) is 58.4 Å². The summed E-state index contributed by atoms with van der Waals surface area (Å²) < 4.78 is 41.5. The van der Waals surface area contributed by atoms with E-state index < -0.39 is 15.7 Å². The number of rotatable bonds is 4. The van der Waals surface area contributed by atoms with Gasteiger partial charge in [0.15, 0.2) is 0 Å². The number of piperidine rings is 1. The molecule has 0 amide bonds. The Morgan fingerprint density at radius 1 is 1.17 bits per heavy atom. The van der Waals surface area contributed by atoms with Gasteiger partial charge in [0.25, 0.3) is 0 Å². The molecule has 0 spiro atoms. The first-order valence-electron chi connectivity index (χ1n) is 10.3. The summed E-state index contributed by atoms with van der Waals surface area (Å²) in [6.07, 6.45) is 3.60. The fourth-order valence-corrected chi connectivity index (χ4v) is 5.87. The highest BCUT2D eigenvalue weighted by atomic mass is 35.5. The van der Waals surface area contributed by atoms with E-state index in [2.05, 4.69) is 23.7 Å². The van der Waals surface area contributed by atoms with Crippen molar-refractivity contribution in [1.29, 1.82) is 0 Å². The Hall–Kier alpha value is -1.70. The lowest BCUT2D eigenvalue weighted by Gasteiger charge is -2.37. The number of anilines is 1. The number of hydrogen-bond donors (Lipinski definition) is 0. The first-order chi connectivity index (χ1) is 14.1. The number of fused-ring (bicyclic) bond motifs is 1. The van der Waals surface area contributed by atoms with Crippen molar-refractivity contribution in [3.63, 3.8) is 0 Å². The van der Waals surface area contributed by atoms with E-state index in [-0.39, 0.29) is 37.2 Å². The molecule has 4 rings (SSSR count). The number of sulfonamides is 1. The Morgan fingerprint density at radius 2 is 1.87 bits per heavy atom. The second-order valence-corrected chi connectivity index (χ2v) is 11.3. The van der Waals surface area contributed by atoms with Gasteiger partial charge in [-0.05, 0) is 62.9 Å². The molecule has 2 aromatic rings. The highest BCUT2D eigenvalue weighted by Gasteiger charge is 2.41. The molecule has 8 heteroatoms. The molecule has 1 aromatic heterocycles. The van der Waals surface area contributed by atoms with Gasteiger partial charge in [-0.3, -0.25) is 4.98 Å². The summed E-state index contributed by atoms with van der Waals surface area (Å²) in [6, 6.07) is 7.79. The molecule has 0 atom stereocenters. The molecule has 1 fully saturated rings. The number of pyridine rings is 1. The van der Waals surface area contributed by atoms with E-state index in [1.807, 2.05) is 24.3 Å². The van der Waals surface area contributed by atoms with Crippen LogP contribution in [0.3, 0.4) is 0 Å². The zero-order chi connectivity index (χ0) is 21.7. The van der Waals surface area contributed by atoms with Gasteiger partial charge in [0, 0.05) is 36.4 Å². The second kappa shape index (κ2) is 7.46. The lowest BCUT2D eigenvalue weighted by Crippen LogP contribution is -2.44. The van der Waals surface area contributed by atoms with E-state index in [1.165, 1.54) is 9.87 Å². The zero-order valence-electron chi connectivity index (χ0n) is 17.5. The predicted molar refractivity (Wildman–Crippen MR) is 118 cm³/mol. The molecule has 2 aliphatic rings. The van der Waals surface area contributed by atoms with Gasteiger partial charge in [-0.25, -0.2) is 17.1 Å². The molecule has 0 N–H and O–H groups in total. The summed E-state index contributed by atoms with van der Waals surface area (Å²) in [7, 11) is -3.29. The minimum atomic E-state index is -3.29.